The molecule has 0 aliphatic rings. The van der Waals surface area contributed by atoms with E-state index in [1.807, 2.05) is 0 Å². The number of amides is 1. The first-order valence-corrected chi connectivity index (χ1v) is 2.76. The lowest BCUT2D eigenvalue weighted by atomic mass is 10.6. The highest BCUT2D eigenvalue weighted by Crippen LogP contribution is 1.85. The smallest absolute Gasteiger partial charge is 0.260 e. The molecule has 0 spiro atoms. The highest BCUT2D eigenvalue weighted by molar-refractivity contribution is 5.72. The SMILES string of the molecule is N#Cc1ncn(CC([NH])=O)n1. The summed E-state index contributed by atoms with van der Waals surface area (Å²) >= 11 is 0. The average Bonchev–Trinajstić information content (AvgIpc) is 2.34. The fraction of sp³-hybridized carbons (Fsp3) is 0.200. The van der Waals surface area contributed by atoms with Crippen LogP contribution in [0.5, 0.6) is 0 Å². The maximum absolute atomic E-state index is 10.2. The first kappa shape index (κ1) is 7.21. The molecule has 1 heterocycles. The van der Waals surface area contributed by atoms with Crippen molar-refractivity contribution in [3.05, 3.63) is 12.2 Å². The fourth-order valence-electron chi connectivity index (χ4n) is 0.569. The number of carbonyl (C=O) groups is 1. The lowest BCUT2D eigenvalue weighted by Crippen LogP contribution is -2.10. The van der Waals surface area contributed by atoms with Gasteiger partial charge in [0.2, 0.25) is 0 Å². The first-order valence-electron chi connectivity index (χ1n) is 2.76. The molecule has 1 aromatic rings. The fourth-order valence-corrected chi connectivity index (χ4v) is 0.569. The zero-order chi connectivity index (χ0) is 8.27. The van der Waals surface area contributed by atoms with E-state index in [9.17, 15) is 4.79 Å². The summed E-state index contributed by atoms with van der Waals surface area (Å²) < 4.78 is 1.15. The van der Waals surface area contributed by atoms with E-state index in [0.717, 1.165) is 4.68 Å². The van der Waals surface area contributed by atoms with E-state index in [2.05, 4.69) is 10.1 Å². The Kier molecular flexibility index (Phi) is 1.83. The number of carbonyl (C=O) groups excluding carboxylic acids is 1. The van der Waals surface area contributed by atoms with Gasteiger partial charge in [0.1, 0.15) is 18.9 Å². The number of aromatic nitrogens is 3. The topological polar surface area (TPSA) is 95.4 Å². The van der Waals surface area contributed by atoms with Crippen molar-refractivity contribution in [3.8, 4) is 6.07 Å². The van der Waals surface area contributed by atoms with Crippen LogP contribution >= 0.6 is 0 Å². The van der Waals surface area contributed by atoms with Crippen LogP contribution in [0.15, 0.2) is 6.33 Å². The minimum Gasteiger partial charge on any atom is -0.271 e. The van der Waals surface area contributed by atoms with E-state index in [4.69, 9.17) is 11.0 Å². The molecule has 11 heavy (non-hydrogen) atoms. The van der Waals surface area contributed by atoms with Gasteiger partial charge in [0, 0.05) is 0 Å². The van der Waals surface area contributed by atoms with E-state index < -0.39 is 5.91 Å². The largest absolute Gasteiger partial charge is 0.271 e. The van der Waals surface area contributed by atoms with Gasteiger partial charge in [-0.2, -0.15) is 5.26 Å². The summed E-state index contributed by atoms with van der Waals surface area (Å²) in [5.74, 6) is -0.759. The van der Waals surface area contributed by atoms with Crippen LogP contribution in [0.2, 0.25) is 0 Å². The summed E-state index contributed by atoms with van der Waals surface area (Å²) in [7, 11) is 0. The van der Waals surface area contributed by atoms with Crippen LogP contribution in [-0.4, -0.2) is 20.7 Å². The zero-order valence-corrected chi connectivity index (χ0v) is 5.48. The predicted octanol–water partition coefficient (Wildman–Crippen LogP) is -1.04. The van der Waals surface area contributed by atoms with Crippen LogP contribution in [0.1, 0.15) is 5.82 Å². The molecule has 1 aromatic heterocycles. The summed E-state index contributed by atoms with van der Waals surface area (Å²) in [6, 6.07) is 1.71. The Hall–Kier alpha value is -1.90. The van der Waals surface area contributed by atoms with Crippen molar-refractivity contribution in [2.45, 2.75) is 6.54 Å². The monoisotopic (exact) mass is 150 g/mol. The van der Waals surface area contributed by atoms with Gasteiger partial charge in [-0.15, -0.1) is 5.10 Å². The van der Waals surface area contributed by atoms with Crippen molar-refractivity contribution in [2.24, 2.45) is 0 Å². The molecule has 1 amide bonds. The van der Waals surface area contributed by atoms with Crippen LogP contribution in [0.25, 0.3) is 0 Å². The molecule has 0 aliphatic heterocycles. The molecule has 1 rings (SSSR count). The van der Waals surface area contributed by atoms with Crippen molar-refractivity contribution in [2.75, 3.05) is 0 Å². The molecule has 1 N–H and O–H groups in total. The zero-order valence-electron chi connectivity index (χ0n) is 5.48. The molecule has 0 atom stereocenters. The normalized spacial score (nSPS) is 9.00. The maximum Gasteiger partial charge on any atom is 0.260 e. The van der Waals surface area contributed by atoms with E-state index in [1.165, 1.54) is 6.33 Å². The summed E-state index contributed by atoms with van der Waals surface area (Å²) in [6.07, 6.45) is 1.24. The second-order valence-electron chi connectivity index (χ2n) is 1.80. The minimum atomic E-state index is -0.764. The van der Waals surface area contributed by atoms with Gasteiger partial charge >= 0.3 is 0 Å². The number of hydrogen-bond acceptors (Lipinski definition) is 4. The Labute approximate surface area is 62.2 Å². The molecule has 6 nitrogen and oxygen atoms in total. The summed E-state index contributed by atoms with van der Waals surface area (Å²) in [5.41, 5.74) is 6.57. The Morgan fingerprint density at radius 2 is 2.64 bits per heavy atom. The Morgan fingerprint density at radius 3 is 3.09 bits per heavy atom. The van der Waals surface area contributed by atoms with Gasteiger partial charge in [0.15, 0.2) is 0 Å². The van der Waals surface area contributed by atoms with Gasteiger partial charge in [-0.05, 0) is 0 Å². The van der Waals surface area contributed by atoms with E-state index in [-0.39, 0.29) is 12.4 Å². The molecule has 0 aliphatic carbocycles. The first-order chi connectivity index (χ1) is 5.22. The molecular formula is C5H4N5O. The van der Waals surface area contributed by atoms with E-state index >= 15 is 0 Å². The highest BCUT2D eigenvalue weighted by atomic mass is 16.1. The predicted molar refractivity (Wildman–Crippen MR) is 32.8 cm³/mol. The summed E-state index contributed by atoms with van der Waals surface area (Å²) in [4.78, 5) is 13.7. The van der Waals surface area contributed by atoms with Crippen molar-refractivity contribution in [1.82, 2.24) is 20.5 Å². The number of nitriles is 1. The van der Waals surface area contributed by atoms with Gasteiger partial charge in [-0.1, -0.05) is 0 Å². The van der Waals surface area contributed by atoms with Crippen molar-refractivity contribution >= 4 is 5.91 Å². The molecule has 1 radical (unpaired) electrons. The van der Waals surface area contributed by atoms with E-state index in [0.29, 0.717) is 0 Å². The average molecular weight is 150 g/mol. The molecule has 0 unspecified atom stereocenters. The third-order valence-electron chi connectivity index (χ3n) is 0.942. The number of nitrogens with zero attached hydrogens (tertiary/aromatic N) is 4. The van der Waals surface area contributed by atoms with Gasteiger partial charge in [-0.25, -0.2) is 9.67 Å². The van der Waals surface area contributed by atoms with Crippen LogP contribution < -0.4 is 5.73 Å². The Morgan fingerprint density at radius 1 is 1.91 bits per heavy atom. The molecule has 0 saturated heterocycles. The van der Waals surface area contributed by atoms with Crippen LogP contribution in [0, 0.1) is 11.3 Å². The van der Waals surface area contributed by atoms with Crippen LogP contribution in [-0.2, 0) is 11.3 Å². The third kappa shape index (κ3) is 1.76. The molecule has 0 aromatic carbocycles. The molecule has 0 fully saturated rings. The number of nitrogens with one attached hydrogen (secondary N) is 1. The van der Waals surface area contributed by atoms with Crippen molar-refractivity contribution < 1.29 is 4.79 Å². The van der Waals surface area contributed by atoms with E-state index in [1.54, 1.807) is 6.07 Å². The lowest BCUT2D eigenvalue weighted by molar-refractivity contribution is -0.119. The quantitative estimate of drug-likeness (QED) is 0.537. The Bertz CT molecular complexity index is 309. The highest BCUT2D eigenvalue weighted by Gasteiger charge is 2.00. The second kappa shape index (κ2) is 2.79. The van der Waals surface area contributed by atoms with Gasteiger partial charge in [0.25, 0.3) is 11.7 Å². The lowest BCUT2D eigenvalue weighted by Gasteiger charge is -1.90. The van der Waals surface area contributed by atoms with Gasteiger partial charge in [0.05, 0.1) is 0 Å². The number of hydrogen-bond donors (Lipinski definition) is 0. The van der Waals surface area contributed by atoms with Crippen molar-refractivity contribution in [1.29, 1.82) is 5.26 Å². The molecule has 0 bridgehead atoms. The third-order valence-corrected chi connectivity index (χ3v) is 0.942. The van der Waals surface area contributed by atoms with Gasteiger partial charge < -0.3 is 0 Å². The molecule has 55 valence electrons. The summed E-state index contributed by atoms with van der Waals surface area (Å²) in [6.45, 7) is -0.158. The molecule has 0 saturated carbocycles. The van der Waals surface area contributed by atoms with Gasteiger partial charge in [-0.3, -0.25) is 10.5 Å². The summed E-state index contributed by atoms with van der Waals surface area (Å²) in [5, 5.41) is 11.8. The maximum atomic E-state index is 10.2. The second-order valence-corrected chi connectivity index (χ2v) is 1.80. The minimum absolute atomic E-state index is 0.00579. The van der Waals surface area contributed by atoms with Crippen molar-refractivity contribution in [3.63, 3.8) is 0 Å². The standard InChI is InChI=1S/C5H4N5O/c6-1-5-8-3-10(9-5)2-4(7)11/h3,7H,2H2. The Balaban J connectivity index is 2.75. The van der Waals surface area contributed by atoms with Crippen LogP contribution in [0.4, 0.5) is 0 Å². The molecular weight excluding hydrogens is 146 g/mol. The molecule has 6 heteroatoms. The van der Waals surface area contributed by atoms with Crippen LogP contribution in [0.3, 0.4) is 0 Å². The number of rotatable bonds is 2.